The molecule has 2 rings (SSSR count). The summed E-state index contributed by atoms with van der Waals surface area (Å²) in [6.45, 7) is 4.53. The number of nitrogens with one attached hydrogen (secondary N) is 2. The van der Waals surface area contributed by atoms with Gasteiger partial charge in [0, 0.05) is 51.8 Å². The maximum absolute atomic E-state index is 5.53. The van der Waals surface area contributed by atoms with Gasteiger partial charge in [-0.05, 0) is 43.8 Å². The molecule has 0 aromatic carbocycles. The minimum atomic E-state index is 0. The van der Waals surface area contributed by atoms with Crippen LogP contribution in [0.3, 0.4) is 0 Å². The average Bonchev–Trinajstić information content (AvgIpc) is 3.10. The van der Waals surface area contributed by atoms with Gasteiger partial charge >= 0.3 is 0 Å². The molecule has 0 aromatic heterocycles. The Bertz CT molecular complexity index is 398. The van der Waals surface area contributed by atoms with E-state index < -0.39 is 0 Å². The van der Waals surface area contributed by atoms with Crippen LogP contribution in [0.5, 0.6) is 0 Å². The van der Waals surface area contributed by atoms with E-state index >= 15 is 0 Å². The molecule has 0 bridgehead atoms. The lowest BCUT2D eigenvalue weighted by Gasteiger charge is -2.36. The number of halogens is 1. The highest BCUT2D eigenvalue weighted by Crippen LogP contribution is 2.40. The van der Waals surface area contributed by atoms with E-state index in [0.717, 1.165) is 58.1 Å². The average molecular weight is 485 g/mol. The second-order valence-corrected chi connectivity index (χ2v) is 8.50. The quantitative estimate of drug-likeness (QED) is 0.314. The van der Waals surface area contributed by atoms with Crippen LogP contribution < -0.4 is 10.6 Å². The molecule has 1 aliphatic carbocycles. The van der Waals surface area contributed by atoms with Gasteiger partial charge in [-0.2, -0.15) is 11.8 Å². The predicted octanol–water partition coefficient (Wildman–Crippen LogP) is 3.28. The number of hydrogen-bond acceptors (Lipinski definition) is 4. The second-order valence-electron chi connectivity index (χ2n) is 7.23. The smallest absolute Gasteiger partial charge is 0.191 e. The van der Waals surface area contributed by atoms with Crippen molar-refractivity contribution >= 4 is 41.7 Å². The maximum atomic E-state index is 5.53. The van der Waals surface area contributed by atoms with Crippen LogP contribution in [-0.2, 0) is 9.47 Å². The molecule has 2 aliphatic rings. The summed E-state index contributed by atoms with van der Waals surface area (Å²) in [6, 6.07) is 0. The lowest BCUT2D eigenvalue weighted by molar-refractivity contribution is 0.0782. The Morgan fingerprint density at radius 1 is 1.12 bits per heavy atom. The van der Waals surface area contributed by atoms with Crippen LogP contribution in [-0.4, -0.2) is 64.0 Å². The standard InChI is InChI=1S/C18H35N3O2S.HI/c1-19-16(21-15-18(24-3)9-12-23-13-10-18)20-14-17(8-11-22-2)6-4-5-7-17;/h4-15H2,1-3H3,(H2,19,20,21);1H. The maximum Gasteiger partial charge on any atom is 0.191 e. The molecule has 0 atom stereocenters. The van der Waals surface area contributed by atoms with Gasteiger partial charge in [0.25, 0.3) is 0 Å². The summed E-state index contributed by atoms with van der Waals surface area (Å²) in [7, 11) is 3.66. The van der Waals surface area contributed by atoms with Crippen LogP contribution in [0.1, 0.15) is 44.9 Å². The molecule has 2 fully saturated rings. The van der Waals surface area contributed by atoms with Crippen molar-refractivity contribution in [2.75, 3.05) is 53.3 Å². The highest BCUT2D eigenvalue weighted by atomic mass is 127. The zero-order valence-electron chi connectivity index (χ0n) is 16.1. The van der Waals surface area contributed by atoms with E-state index in [1.165, 1.54) is 25.7 Å². The van der Waals surface area contributed by atoms with E-state index in [9.17, 15) is 0 Å². The summed E-state index contributed by atoms with van der Waals surface area (Å²) in [5, 5.41) is 7.14. The molecule has 0 aromatic rings. The monoisotopic (exact) mass is 485 g/mol. The number of hydrogen-bond donors (Lipinski definition) is 2. The Hall–Kier alpha value is 0.270. The van der Waals surface area contributed by atoms with Crippen LogP contribution >= 0.6 is 35.7 Å². The van der Waals surface area contributed by atoms with Gasteiger partial charge in [-0.15, -0.1) is 24.0 Å². The molecular weight excluding hydrogens is 449 g/mol. The van der Waals surface area contributed by atoms with Gasteiger partial charge < -0.3 is 20.1 Å². The normalized spacial score (nSPS) is 22.3. The van der Waals surface area contributed by atoms with Crippen molar-refractivity contribution in [2.24, 2.45) is 10.4 Å². The minimum Gasteiger partial charge on any atom is -0.385 e. The van der Waals surface area contributed by atoms with Crippen molar-refractivity contribution in [3.8, 4) is 0 Å². The number of thioether (sulfide) groups is 1. The lowest BCUT2D eigenvalue weighted by atomic mass is 9.83. The Kier molecular flexibility index (Phi) is 11.1. The largest absolute Gasteiger partial charge is 0.385 e. The van der Waals surface area contributed by atoms with Crippen molar-refractivity contribution in [3.05, 3.63) is 0 Å². The highest BCUT2D eigenvalue weighted by Gasteiger charge is 2.34. The molecule has 1 aliphatic heterocycles. The summed E-state index contributed by atoms with van der Waals surface area (Å²) < 4.78 is 11.1. The van der Waals surface area contributed by atoms with Crippen LogP contribution in [0.15, 0.2) is 4.99 Å². The Morgan fingerprint density at radius 2 is 1.76 bits per heavy atom. The molecule has 148 valence electrons. The van der Waals surface area contributed by atoms with Crippen LogP contribution in [0.4, 0.5) is 0 Å². The molecule has 0 amide bonds. The summed E-state index contributed by atoms with van der Waals surface area (Å²) in [5.41, 5.74) is 0.378. The third kappa shape index (κ3) is 7.07. The molecule has 0 radical (unpaired) electrons. The highest BCUT2D eigenvalue weighted by molar-refractivity contribution is 14.0. The molecule has 5 nitrogen and oxygen atoms in total. The van der Waals surface area contributed by atoms with Gasteiger partial charge in [-0.1, -0.05) is 12.8 Å². The van der Waals surface area contributed by atoms with Crippen LogP contribution in [0, 0.1) is 5.41 Å². The first-order valence-electron chi connectivity index (χ1n) is 9.24. The van der Waals surface area contributed by atoms with Crippen molar-refractivity contribution in [3.63, 3.8) is 0 Å². The Balaban J connectivity index is 0.00000312. The first-order chi connectivity index (χ1) is 11.7. The van der Waals surface area contributed by atoms with Gasteiger partial charge in [0.2, 0.25) is 0 Å². The van der Waals surface area contributed by atoms with Crippen LogP contribution in [0.2, 0.25) is 0 Å². The molecule has 1 heterocycles. The topological polar surface area (TPSA) is 54.9 Å². The fraction of sp³-hybridized carbons (Fsp3) is 0.944. The molecular formula is C18H36IN3O2S. The molecule has 0 spiro atoms. The van der Waals surface area contributed by atoms with Gasteiger partial charge in [0.05, 0.1) is 0 Å². The Morgan fingerprint density at radius 3 is 2.32 bits per heavy atom. The van der Waals surface area contributed by atoms with Crippen molar-refractivity contribution in [2.45, 2.75) is 49.7 Å². The first kappa shape index (κ1) is 23.3. The Labute approximate surface area is 174 Å². The molecule has 1 saturated heterocycles. The number of rotatable bonds is 8. The van der Waals surface area contributed by atoms with E-state index in [2.05, 4.69) is 21.9 Å². The predicted molar refractivity (Wildman–Crippen MR) is 118 cm³/mol. The lowest BCUT2D eigenvalue weighted by Crippen LogP contribution is -2.49. The fourth-order valence-corrected chi connectivity index (χ4v) is 4.68. The van der Waals surface area contributed by atoms with E-state index in [1.54, 1.807) is 7.11 Å². The molecule has 25 heavy (non-hydrogen) atoms. The zero-order chi connectivity index (χ0) is 17.3. The number of nitrogens with zero attached hydrogens (tertiary/aromatic N) is 1. The first-order valence-corrected chi connectivity index (χ1v) is 10.5. The van der Waals surface area contributed by atoms with Gasteiger partial charge in [0.1, 0.15) is 0 Å². The zero-order valence-corrected chi connectivity index (χ0v) is 19.2. The van der Waals surface area contributed by atoms with E-state index in [4.69, 9.17) is 9.47 Å². The summed E-state index contributed by atoms with van der Waals surface area (Å²) in [4.78, 5) is 4.43. The van der Waals surface area contributed by atoms with Crippen molar-refractivity contribution in [1.82, 2.24) is 10.6 Å². The molecule has 1 saturated carbocycles. The molecule has 0 unspecified atom stereocenters. The second kappa shape index (κ2) is 11.9. The molecule has 7 heteroatoms. The number of guanidine groups is 1. The van der Waals surface area contributed by atoms with Gasteiger partial charge in [-0.3, -0.25) is 4.99 Å². The number of aliphatic imine (C=N–C) groups is 1. The fourth-order valence-electron chi connectivity index (χ4n) is 3.89. The third-order valence-electron chi connectivity index (χ3n) is 5.77. The SMILES string of the molecule is CN=C(NCC1(CCOC)CCCC1)NCC1(SC)CCOCC1.I. The number of methoxy groups -OCH3 is 1. The summed E-state index contributed by atoms with van der Waals surface area (Å²) >= 11 is 1.96. The number of ether oxygens (including phenoxy) is 2. The summed E-state index contributed by atoms with van der Waals surface area (Å²) in [6.07, 6.45) is 10.8. The van der Waals surface area contributed by atoms with E-state index in [-0.39, 0.29) is 28.7 Å². The third-order valence-corrected chi connectivity index (χ3v) is 7.19. The summed E-state index contributed by atoms with van der Waals surface area (Å²) in [5.74, 6) is 0.929. The van der Waals surface area contributed by atoms with Crippen molar-refractivity contribution in [1.29, 1.82) is 0 Å². The van der Waals surface area contributed by atoms with Crippen LogP contribution in [0.25, 0.3) is 0 Å². The molecule has 2 N–H and O–H groups in total. The van der Waals surface area contributed by atoms with E-state index in [1.807, 2.05) is 18.8 Å². The van der Waals surface area contributed by atoms with E-state index in [0.29, 0.717) is 5.41 Å². The van der Waals surface area contributed by atoms with Gasteiger partial charge in [-0.25, -0.2) is 0 Å². The van der Waals surface area contributed by atoms with Gasteiger partial charge in [0.15, 0.2) is 5.96 Å². The minimum absolute atomic E-state index is 0. The van der Waals surface area contributed by atoms with Crippen molar-refractivity contribution < 1.29 is 9.47 Å².